The van der Waals surface area contributed by atoms with Crippen LogP contribution in [-0.2, 0) is 9.59 Å². The van der Waals surface area contributed by atoms with Gasteiger partial charge in [0.1, 0.15) is 0 Å². The number of rotatable bonds is 0. The first-order valence-corrected chi connectivity index (χ1v) is 2.20. The van der Waals surface area contributed by atoms with E-state index in [4.69, 9.17) is 25.0 Å². The number of carboxylic acid groups (broad SMARTS) is 2. The van der Waals surface area contributed by atoms with Gasteiger partial charge in [0.05, 0.1) is 0 Å². The van der Waals surface area contributed by atoms with Crippen LogP contribution in [-0.4, -0.2) is 65.4 Å². The molecule has 0 amide bonds. The van der Waals surface area contributed by atoms with Crippen LogP contribution < -0.4 is 0 Å². The molecule has 0 spiro atoms. The van der Waals surface area contributed by atoms with E-state index < -0.39 is 11.9 Å². The van der Waals surface area contributed by atoms with Crippen LogP contribution in [0.5, 0.6) is 0 Å². The Morgan fingerprint density at radius 1 is 1.09 bits per heavy atom. The van der Waals surface area contributed by atoms with Gasteiger partial charge in [0.25, 0.3) is 0 Å². The number of hydrogen-bond acceptors (Lipinski definition) is 4. The molecule has 0 aliphatic carbocycles. The molecule has 0 aromatic rings. The normalized spacial score (nSPS) is 7.27. The summed E-state index contributed by atoms with van der Waals surface area (Å²) < 4.78 is 0. The van der Waals surface area contributed by atoms with E-state index in [1.54, 1.807) is 14.1 Å². The van der Waals surface area contributed by atoms with Crippen LogP contribution in [0.1, 0.15) is 0 Å². The van der Waals surface area contributed by atoms with E-state index in [2.05, 4.69) is 0 Å². The van der Waals surface area contributed by atoms with E-state index in [1.807, 2.05) is 0 Å². The zero-order valence-corrected chi connectivity index (χ0v) is 5.61. The fourth-order valence-corrected chi connectivity index (χ4v) is 0. The van der Waals surface area contributed by atoms with Gasteiger partial charge < -0.3 is 15.4 Å². The van der Waals surface area contributed by atoms with E-state index >= 15 is 0 Å². The zero-order chi connectivity index (χ0) is 8.73. The van der Waals surface area contributed by atoms with E-state index in [-0.39, 0.29) is 18.9 Å². The second kappa shape index (κ2) is 9.46. The van der Waals surface area contributed by atoms with Crippen molar-refractivity contribution in [3.8, 4) is 0 Å². The summed E-state index contributed by atoms with van der Waals surface area (Å²) in [6.07, 6.45) is 0. The van der Waals surface area contributed by atoms with Crippen molar-refractivity contribution in [3.05, 3.63) is 0 Å². The molecule has 11 heavy (non-hydrogen) atoms. The molecule has 0 aromatic carbocycles. The van der Waals surface area contributed by atoms with E-state index in [9.17, 15) is 0 Å². The molecule has 0 bridgehead atoms. The van der Waals surface area contributed by atoms with Gasteiger partial charge in [-0.3, -0.25) is 0 Å². The molecule has 0 saturated heterocycles. The van der Waals surface area contributed by atoms with Crippen molar-refractivity contribution in [2.24, 2.45) is 0 Å². The zero-order valence-electron chi connectivity index (χ0n) is 5.61. The van der Waals surface area contributed by atoms with Crippen molar-refractivity contribution < 1.29 is 25.0 Å². The molecule has 3 N–H and O–H groups in total. The number of hydroxylamine groups is 2. The van der Waals surface area contributed by atoms with Crippen molar-refractivity contribution in [2.75, 3.05) is 14.1 Å². The number of carbonyl (C=O) groups is 2. The first-order valence-electron chi connectivity index (χ1n) is 2.20. The summed E-state index contributed by atoms with van der Waals surface area (Å²) >= 11 is 0. The standard InChI is InChI=1S/C2H7NO.C2H2O4.Li.H/c1-3(2)4;3-1(4)2(5)6;;/h4H,1-2H3;(H,3,4)(H,5,6);;. The Hall–Kier alpha value is -0.543. The Balaban J connectivity index is -0.000000114. The minimum atomic E-state index is -1.82. The van der Waals surface area contributed by atoms with Gasteiger partial charge in [-0.1, -0.05) is 0 Å². The number of aliphatic carboxylic acids is 2. The predicted molar refractivity (Wildman–Crippen MR) is 37.9 cm³/mol. The first-order chi connectivity index (χ1) is 4.37. The van der Waals surface area contributed by atoms with Gasteiger partial charge in [0.15, 0.2) is 0 Å². The number of hydrogen-bond donors (Lipinski definition) is 3. The molecule has 0 fully saturated rings. The molecular formula is C4H10LiNO5. The second-order valence-electron chi connectivity index (χ2n) is 1.46. The monoisotopic (exact) mass is 159 g/mol. The SMILES string of the molecule is CN(C)O.O=C(O)C(=O)O.[LiH]. The van der Waals surface area contributed by atoms with Gasteiger partial charge in [-0.15, -0.1) is 0 Å². The molecule has 62 valence electrons. The fraction of sp³-hybridized carbons (Fsp3) is 0.500. The van der Waals surface area contributed by atoms with E-state index in [1.165, 1.54) is 0 Å². The van der Waals surface area contributed by atoms with Crippen molar-refractivity contribution in [3.63, 3.8) is 0 Å². The summed E-state index contributed by atoms with van der Waals surface area (Å²) in [5, 5.41) is 23.7. The Morgan fingerprint density at radius 2 is 1.18 bits per heavy atom. The van der Waals surface area contributed by atoms with Crippen molar-refractivity contribution in [1.82, 2.24) is 5.06 Å². The Bertz CT molecular complexity index is 111. The average Bonchev–Trinajstić information content (AvgIpc) is 1.63. The third kappa shape index (κ3) is 44.0. The van der Waals surface area contributed by atoms with Crippen LogP contribution in [0, 0.1) is 0 Å². The van der Waals surface area contributed by atoms with Gasteiger partial charge in [-0.25, -0.2) is 9.59 Å². The van der Waals surface area contributed by atoms with Crippen molar-refractivity contribution in [1.29, 1.82) is 0 Å². The summed E-state index contributed by atoms with van der Waals surface area (Å²) in [5.74, 6) is -3.65. The molecule has 0 saturated carbocycles. The molecular weight excluding hydrogens is 149 g/mol. The topological polar surface area (TPSA) is 98.1 Å². The third-order valence-corrected chi connectivity index (χ3v) is 0.183. The van der Waals surface area contributed by atoms with Crippen molar-refractivity contribution >= 4 is 30.8 Å². The molecule has 0 aromatic heterocycles. The average molecular weight is 159 g/mol. The van der Waals surface area contributed by atoms with E-state index in [0.29, 0.717) is 0 Å². The molecule has 0 unspecified atom stereocenters. The second-order valence-corrected chi connectivity index (χ2v) is 1.46. The molecule has 0 radical (unpaired) electrons. The summed E-state index contributed by atoms with van der Waals surface area (Å²) in [7, 11) is 3.11. The maximum atomic E-state index is 9.10. The number of carboxylic acids is 2. The molecule has 6 nitrogen and oxygen atoms in total. The quantitative estimate of drug-likeness (QED) is 0.225. The Labute approximate surface area is 75.6 Å². The van der Waals surface area contributed by atoms with Gasteiger partial charge in [0.2, 0.25) is 0 Å². The van der Waals surface area contributed by atoms with Crippen LogP contribution in [0.2, 0.25) is 0 Å². The van der Waals surface area contributed by atoms with Gasteiger partial charge in [-0.05, 0) is 0 Å². The Kier molecular flexibility index (Phi) is 14.5. The van der Waals surface area contributed by atoms with Crippen LogP contribution in [0.3, 0.4) is 0 Å². The van der Waals surface area contributed by atoms with Crippen LogP contribution in [0.15, 0.2) is 0 Å². The summed E-state index contributed by atoms with van der Waals surface area (Å²) in [4.78, 5) is 18.2. The summed E-state index contributed by atoms with van der Waals surface area (Å²) in [5.41, 5.74) is 0. The van der Waals surface area contributed by atoms with Crippen LogP contribution >= 0.6 is 0 Å². The molecule has 0 atom stereocenters. The first kappa shape index (κ1) is 16.8. The fourth-order valence-electron chi connectivity index (χ4n) is 0. The predicted octanol–water partition coefficient (Wildman–Crippen LogP) is -1.56. The molecule has 0 rings (SSSR count). The van der Waals surface area contributed by atoms with Gasteiger partial charge in [-0.2, -0.15) is 5.06 Å². The third-order valence-electron chi connectivity index (χ3n) is 0.183. The number of nitrogens with zero attached hydrogens (tertiary/aromatic N) is 1. The molecule has 0 heterocycles. The van der Waals surface area contributed by atoms with Crippen LogP contribution in [0.4, 0.5) is 0 Å². The molecule has 7 heteroatoms. The summed E-state index contributed by atoms with van der Waals surface area (Å²) in [6, 6.07) is 0. The van der Waals surface area contributed by atoms with Crippen molar-refractivity contribution in [2.45, 2.75) is 0 Å². The van der Waals surface area contributed by atoms with Gasteiger partial charge in [0, 0.05) is 14.1 Å². The molecule has 0 aliphatic rings. The minimum absolute atomic E-state index is 0. The van der Waals surface area contributed by atoms with Crippen LogP contribution in [0.25, 0.3) is 0 Å². The Morgan fingerprint density at radius 3 is 1.18 bits per heavy atom. The molecule has 0 aliphatic heterocycles. The maximum absolute atomic E-state index is 9.10. The van der Waals surface area contributed by atoms with Gasteiger partial charge >= 0.3 is 30.8 Å². The summed E-state index contributed by atoms with van der Waals surface area (Å²) in [6.45, 7) is 0. The van der Waals surface area contributed by atoms with E-state index in [0.717, 1.165) is 5.06 Å².